The number of amides is 2. The van der Waals surface area contributed by atoms with Crippen LogP contribution in [-0.4, -0.2) is 43.7 Å². The summed E-state index contributed by atoms with van der Waals surface area (Å²) >= 11 is 0. The van der Waals surface area contributed by atoms with Gasteiger partial charge in [-0.2, -0.15) is 0 Å². The van der Waals surface area contributed by atoms with Gasteiger partial charge in [-0.1, -0.05) is 0 Å². The van der Waals surface area contributed by atoms with Crippen LogP contribution in [0.1, 0.15) is 20.3 Å². The van der Waals surface area contributed by atoms with Crippen LogP contribution >= 0.6 is 0 Å². The Labute approximate surface area is 86.0 Å². The van der Waals surface area contributed by atoms with E-state index in [9.17, 15) is 4.79 Å². The molecule has 4 heteroatoms. The molecule has 82 valence electrons. The summed E-state index contributed by atoms with van der Waals surface area (Å²) in [6, 6.07) is 0.249. The van der Waals surface area contributed by atoms with Crippen LogP contribution in [-0.2, 0) is 0 Å². The number of hydrogen-bond donors (Lipinski definition) is 2. The van der Waals surface area contributed by atoms with Gasteiger partial charge < -0.3 is 15.5 Å². The Hall–Kier alpha value is -0.770. The maximum Gasteiger partial charge on any atom is 0.317 e. The first-order valence-electron chi connectivity index (χ1n) is 5.32. The smallest absolute Gasteiger partial charge is 0.317 e. The summed E-state index contributed by atoms with van der Waals surface area (Å²) in [6.45, 7) is 6.93. The maximum absolute atomic E-state index is 11.5. The van der Waals surface area contributed by atoms with Gasteiger partial charge in [0.05, 0.1) is 0 Å². The third-order valence-electron chi connectivity index (χ3n) is 2.45. The van der Waals surface area contributed by atoms with Gasteiger partial charge in [-0.05, 0) is 39.3 Å². The van der Waals surface area contributed by atoms with Crippen molar-refractivity contribution in [1.29, 1.82) is 0 Å². The molecular formula is C10H21N3O. The Kier molecular flexibility index (Phi) is 4.20. The minimum Gasteiger partial charge on any atom is -0.336 e. The highest BCUT2D eigenvalue weighted by Gasteiger charge is 2.19. The first-order valence-corrected chi connectivity index (χ1v) is 5.32. The van der Waals surface area contributed by atoms with E-state index in [1.165, 1.54) is 6.42 Å². The summed E-state index contributed by atoms with van der Waals surface area (Å²) in [6.07, 6.45) is 1.18. The van der Waals surface area contributed by atoms with Crippen molar-refractivity contribution in [3.63, 3.8) is 0 Å². The molecule has 0 bridgehead atoms. The normalized spacial score (nSPS) is 21.3. The van der Waals surface area contributed by atoms with E-state index in [0.29, 0.717) is 5.92 Å². The molecule has 14 heavy (non-hydrogen) atoms. The summed E-state index contributed by atoms with van der Waals surface area (Å²) < 4.78 is 0. The summed E-state index contributed by atoms with van der Waals surface area (Å²) in [5.74, 6) is 0.623. The molecule has 0 aromatic heterocycles. The van der Waals surface area contributed by atoms with Crippen LogP contribution < -0.4 is 10.6 Å². The third kappa shape index (κ3) is 3.54. The molecule has 1 rings (SSSR count). The van der Waals surface area contributed by atoms with Gasteiger partial charge in [-0.3, -0.25) is 0 Å². The van der Waals surface area contributed by atoms with E-state index in [4.69, 9.17) is 0 Å². The van der Waals surface area contributed by atoms with Crippen LogP contribution in [0.2, 0.25) is 0 Å². The molecule has 0 spiro atoms. The van der Waals surface area contributed by atoms with Crippen molar-refractivity contribution in [3.8, 4) is 0 Å². The molecule has 1 fully saturated rings. The van der Waals surface area contributed by atoms with Crippen molar-refractivity contribution in [2.45, 2.75) is 26.3 Å². The van der Waals surface area contributed by atoms with E-state index in [-0.39, 0.29) is 12.1 Å². The summed E-state index contributed by atoms with van der Waals surface area (Å²) in [5.41, 5.74) is 0. The highest BCUT2D eigenvalue weighted by Crippen LogP contribution is 2.08. The fraction of sp³-hybridized carbons (Fsp3) is 0.900. The van der Waals surface area contributed by atoms with Crippen molar-refractivity contribution >= 4 is 6.03 Å². The monoisotopic (exact) mass is 199 g/mol. The molecule has 1 saturated heterocycles. The number of nitrogens with zero attached hydrogens (tertiary/aromatic N) is 1. The lowest BCUT2D eigenvalue weighted by Gasteiger charge is -2.22. The first-order chi connectivity index (χ1) is 6.59. The fourth-order valence-electron chi connectivity index (χ4n) is 1.70. The van der Waals surface area contributed by atoms with Crippen LogP contribution in [0.3, 0.4) is 0 Å². The number of carbonyl (C=O) groups excluding carboxylic acids is 1. The van der Waals surface area contributed by atoms with Crippen LogP contribution in [0.4, 0.5) is 4.79 Å². The number of nitrogens with one attached hydrogen (secondary N) is 2. The zero-order valence-corrected chi connectivity index (χ0v) is 9.34. The minimum atomic E-state index is 0.0342. The largest absolute Gasteiger partial charge is 0.336 e. The third-order valence-corrected chi connectivity index (χ3v) is 2.45. The number of rotatable bonds is 3. The van der Waals surface area contributed by atoms with Crippen molar-refractivity contribution < 1.29 is 4.79 Å². The maximum atomic E-state index is 11.5. The van der Waals surface area contributed by atoms with Crippen LogP contribution in [0.15, 0.2) is 0 Å². The quantitative estimate of drug-likeness (QED) is 0.701. The van der Waals surface area contributed by atoms with E-state index >= 15 is 0 Å². The van der Waals surface area contributed by atoms with Crippen LogP contribution in [0.5, 0.6) is 0 Å². The first kappa shape index (κ1) is 11.3. The molecule has 2 amide bonds. The topological polar surface area (TPSA) is 44.4 Å². The molecule has 0 radical (unpaired) electrons. The molecule has 1 heterocycles. The zero-order valence-electron chi connectivity index (χ0n) is 9.34. The van der Waals surface area contributed by atoms with Gasteiger partial charge in [0.25, 0.3) is 0 Å². The highest BCUT2D eigenvalue weighted by atomic mass is 16.2. The Bertz CT molecular complexity index is 188. The van der Waals surface area contributed by atoms with Crippen molar-refractivity contribution in [1.82, 2.24) is 15.5 Å². The molecule has 1 unspecified atom stereocenters. The molecular weight excluding hydrogens is 178 g/mol. The molecule has 0 aliphatic carbocycles. The van der Waals surface area contributed by atoms with Gasteiger partial charge in [0, 0.05) is 19.6 Å². The minimum absolute atomic E-state index is 0.0342. The van der Waals surface area contributed by atoms with Gasteiger partial charge in [0.1, 0.15) is 0 Å². The molecule has 4 nitrogen and oxygen atoms in total. The molecule has 0 aromatic rings. The van der Waals surface area contributed by atoms with Gasteiger partial charge >= 0.3 is 6.03 Å². The summed E-state index contributed by atoms with van der Waals surface area (Å²) in [5, 5.41) is 6.18. The molecule has 1 aliphatic heterocycles. The van der Waals surface area contributed by atoms with Crippen molar-refractivity contribution in [2.24, 2.45) is 5.92 Å². The second kappa shape index (κ2) is 5.20. The molecule has 0 aromatic carbocycles. The number of hydrogen-bond acceptors (Lipinski definition) is 2. The number of carbonyl (C=O) groups is 1. The zero-order chi connectivity index (χ0) is 10.6. The highest BCUT2D eigenvalue weighted by molar-refractivity contribution is 5.74. The summed E-state index contributed by atoms with van der Waals surface area (Å²) in [4.78, 5) is 13.3. The van der Waals surface area contributed by atoms with Gasteiger partial charge in [0.2, 0.25) is 0 Å². The Morgan fingerprint density at radius 2 is 2.36 bits per heavy atom. The lowest BCUT2D eigenvalue weighted by atomic mass is 10.1. The summed E-state index contributed by atoms with van der Waals surface area (Å²) in [7, 11) is 1.86. The van der Waals surface area contributed by atoms with Crippen molar-refractivity contribution in [3.05, 3.63) is 0 Å². The average molecular weight is 199 g/mol. The lowest BCUT2D eigenvalue weighted by Crippen LogP contribution is -2.43. The Balaban J connectivity index is 2.25. The van der Waals surface area contributed by atoms with Gasteiger partial charge in [0.15, 0.2) is 0 Å². The SMILES string of the molecule is CC(C)NC(=O)N(C)CC1CCNC1. The van der Waals surface area contributed by atoms with E-state index in [1.807, 2.05) is 20.9 Å². The number of urea groups is 1. The van der Waals surface area contributed by atoms with E-state index < -0.39 is 0 Å². The predicted molar refractivity (Wildman–Crippen MR) is 57.3 cm³/mol. The fourth-order valence-corrected chi connectivity index (χ4v) is 1.70. The lowest BCUT2D eigenvalue weighted by molar-refractivity contribution is 0.199. The average Bonchev–Trinajstić information content (AvgIpc) is 2.55. The van der Waals surface area contributed by atoms with E-state index in [1.54, 1.807) is 4.90 Å². The standard InChI is InChI=1S/C10H21N3O/c1-8(2)12-10(14)13(3)7-9-4-5-11-6-9/h8-9,11H,4-7H2,1-3H3,(H,12,14). The molecule has 0 saturated carbocycles. The Morgan fingerprint density at radius 3 is 2.86 bits per heavy atom. The molecule has 2 N–H and O–H groups in total. The predicted octanol–water partition coefficient (Wildman–Crippen LogP) is 0.646. The van der Waals surface area contributed by atoms with Crippen LogP contribution in [0.25, 0.3) is 0 Å². The molecule has 1 atom stereocenters. The Morgan fingerprint density at radius 1 is 1.64 bits per heavy atom. The molecule has 1 aliphatic rings. The van der Waals surface area contributed by atoms with Gasteiger partial charge in [-0.25, -0.2) is 4.79 Å². The van der Waals surface area contributed by atoms with Gasteiger partial charge in [-0.15, -0.1) is 0 Å². The second-order valence-corrected chi connectivity index (χ2v) is 4.34. The van der Waals surface area contributed by atoms with Crippen LogP contribution in [0, 0.1) is 5.92 Å². The van der Waals surface area contributed by atoms with E-state index in [0.717, 1.165) is 19.6 Å². The second-order valence-electron chi connectivity index (χ2n) is 4.34. The van der Waals surface area contributed by atoms with Crippen molar-refractivity contribution in [2.75, 3.05) is 26.7 Å². The van der Waals surface area contributed by atoms with E-state index in [2.05, 4.69) is 10.6 Å².